The molecule has 2 aliphatic carbocycles. The smallest absolute Gasteiger partial charge is 0.251 e. The van der Waals surface area contributed by atoms with Crippen molar-refractivity contribution in [2.75, 3.05) is 44.2 Å². The Hall–Kier alpha value is -2.49. The van der Waals surface area contributed by atoms with Gasteiger partial charge in [-0.05, 0) is 55.9 Å². The molecule has 2 saturated carbocycles. The number of piperazine rings is 1. The van der Waals surface area contributed by atoms with E-state index in [-0.39, 0.29) is 36.7 Å². The Morgan fingerprint density at radius 3 is 2.36 bits per heavy atom. The highest BCUT2D eigenvalue weighted by Crippen LogP contribution is 2.33. The number of hydrogen-bond acceptors (Lipinski definition) is 7. The van der Waals surface area contributed by atoms with Crippen molar-refractivity contribution < 1.29 is 24.2 Å². The van der Waals surface area contributed by atoms with E-state index in [4.69, 9.17) is 4.74 Å². The van der Waals surface area contributed by atoms with Crippen LogP contribution in [0.5, 0.6) is 0 Å². The summed E-state index contributed by atoms with van der Waals surface area (Å²) in [5.41, 5.74) is 1.63. The molecule has 5 fully saturated rings. The Labute approximate surface area is 211 Å². The number of Topliss-reactive ketones (excluding diaryl/α,β-unsaturated/α-hetero) is 1. The van der Waals surface area contributed by atoms with Gasteiger partial charge >= 0.3 is 0 Å². The van der Waals surface area contributed by atoms with Crippen LogP contribution in [0.2, 0.25) is 0 Å². The minimum absolute atomic E-state index is 0.0251. The Morgan fingerprint density at radius 2 is 1.69 bits per heavy atom. The number of aliphatic hydroxyl groups excluding tert-OH is 1. The fourth-order valence-corrected chi connectivity index (χ4v) is 6.54. The SMILES string of the molecule is O=C(N[C@H](C(=O)N1C[C@@H](O)[C@H]2OCC(=O)[C@H]21)C1CCCC1)c1ccc(N2CCN(C3CC3)CC2)cc1. The monoisotopic (exact) mass is 496 g/mol. The van der Waals surface area contributed by atoms with Crippen LogP contribution in [0.1, 0.15) is 48.9 Å². The second-order valence-corrected chi connectivity index (χ2v) is 11.0. The van der Waals surface area contributed by atoms with Crippen molar-refractivity contribution in [3.8, 4) is 0 Å². The molecule has 5 aliphatic rings. The van der Waals surface area contributed by atoms with Gasteiger partial charge in [-0.3, -0.25) is 19.3 Å². The molecule has 0 bridgehead atoms. The Bertz CT molecular complexity index is 998. The second-order valence-electron chi connectivity index (χ2n) is 11.0. The van der Waals surface area contributed by atoms with Crippen molar-refractivity contribution in [3.63, 3.8) is 0 Å². The zero-order valence-corrected chi connectivity index (χ0v) is 20.7. The maximum atomic E-state index is 13.7. The number of ketones is 1. The molecule has 9 nitrogen and oxygen atoms in total. The maximum absolute atomic E-state index is 13.7. The molecule has 9 heteroatoms. The lowest BCUT2D eigenvalue weighted by Crippen LogP contribution is -2.54. The van der Waals surface area contributed by atoms with Crippen LogP contribution >= 0.6 is 0 Å². The molecule has 2 amide bonds. The summed E-state index contributed by atoms with van der Waals surface area (Å²) >= 11 is 0. The molecular formula is C27H36N4O5. The van der Waals surface area contributed by atoms with E-state index in [1.807, 2.05) is 24.3 Å². The summed E-state index contributed by atoms with van der Waals surface area (Å²) in [6.45, 7) is 4.12. The number of β-amino-alcohol motifs (C(OH)–C–C–N with tert-alkyl or cyclic N) is 1. The molecule has 2 N–H and O–H groups in total. The number of carbonyl (C=O) groups is 3. The fourth-order valence-electron chi connectivity index (χ4n) is 6.54. The first kappa shape index (κ1) is 23.9. The van der Waals surface area contributed by atoms with E-state index >= 15 is 0 Å². The van der Waals surface area contributed by atoms with Crippen LogP contribution in [-0.2, 0) is 14.3 Å². The van der Waals surface area contributed by atoms with E-state index in [0.29, 0.717) is 5.56 Å². The average molecular weight is 497 g/mol. The lowest BCUT2D eigenvalue weighted by atomic mass is 9.95. The number of carbonyl (C=O) groups excluding carboxylic acids is 3. The Morgan fingerprint density at radius 1 is 1.00 bits per heavy atom. The molecule has 1 aromatic carbocycles. The van der Waals surface area contributed by atoms with E-state index in [2.05, 4.69) is 15.1 Å². The largest absolute Gasteiger partial charge is 0.388 e. The predicted molar refractivity (Wildman–Crippen MR) is 133 cm³/mol. The summed E-state index contributed by atoms with van der Waals surface area (Å²) in [4.78, 5) is 45.7. The number of fused-ring (bicyclic) bond motifs is 1. The maximum Gasteiger partial charge on any atom is 0.251 e. The molecule has 194 valence electrons. The number of nitrogens with one attached hydrogen (secondary N) is 1. The van der Waals surface area contributed by atoms with Crippen LogP contribution in [0.15, 0.2) is 24.3 Å². The summed E-state index contributed by atoms with van der Waals surface area (Å²) in [5.74, 6) is -0.728. The number of aliphatic hydroxyl groups is 1. The number of nitrogens with zero attached hydrogens (tertiary/aromatic N) is 3. The fraction of sp³-hybridized carbons (Fsp3) is 0.667. The number of rotatable bonds is 6. The van der Waals surface area contributed by atoms with E-state index in [1.165, 1.54) is 17.7 Å². The van der Waals surface area contributed by atoms with Crippen molar-refractivity contribution in [1.82, 2.24) is 15.1 Å². The standard InChI is InChI=1S/C27H36N4O5/c32-21-15-31(24-22(33)16-36-25(21)24)27(35)23(17-3-1-2-4-17)28-26(34)18-5-7-19(8-6-18)29-11-13-30(14-12-29)20-9-10-20/h5-8,17,20-21,23-25,32H,1-4,9-16H2,(H,28,34)/t21-,23+,24-,25-/m1/s1. The predicted octanol–water partition coefficient (Wildman–Crippen LogP) is 0.799. The lowest BCUT2D eigenvalue weighted by molar-refractivity contribution is -0.139. The summed E-state index contributed by atoms with van der Waals surface area (Å²) < 4.78 is 5.43. The molecular weight excluding hydrogens is 460 g/mol. The van der Waals surface area contributed by atoms with Crippen LogP contribution in [0.25, 0.3) is 0 Å². The van der Waals surface area contributed by atoms with Gasteiger partial charge in [-0.25, -0.2) is 0 Å². The third kappa shape index (κ3) is 4.53. The van der Waals surface area contributed by atoms with Gasteiger partial charge < -0.3 is 25.0 Å². The highest BCUT2D eigenvalue weighted by Gasteiger charge is 2.53. The highest BCUT2D eigenvalue weighted by molar-refractivity contribution is 5.99. The van der Waals surface area contributed by atoms with Crippen molar-refractivity contribution in [2.24, 2.45) is 5.92 Å². The van der Waals surface area contributed by atoms with Crippen LogP contribution < -0.4 is 10.2 Å². The summed E-state index contributed by atoms with van der Waals surface area (Å²) in [6, 6.07) is 6.97. The molecule has 0 spiro atoms. The first-order valence-corrected chi connectivity index (χ1v) is 13.5. The number of hydrogen-bond donors (Lipinski definition) is 2. The number of likely N-dealkylation sites (tertiary alicyclic amines) is 1. The van der Waals surface area contributed by atoms with Crippen LogP contribution in [0.4, 0.5) is 5.69 Å². The average Bonchev–Trinajstić information content (AvgIpc) is 3.30. The quantitative estimate of drug-likeness (QED) is 0.601. The van der Waals surface area contributed by atoms with Gasteiger partial charge in [0.1, 0.15) is 30.9 Å². The minimum atomic E-state index is -0.885. The summed E-state index contributed by atoms with van der Waals surface area (Å²) in [5, 5.41) is 13.4. The van der Waals surface area contributed by atoms with Crippen LogP contribution in [0.3, 0.4) is 0 Å². The molecule has 0 radical (unpaired) electrons. The molecule has 0 aromatic heterocycles. The van der Waals surface area contributed by atoms with Crippen molar-refractivity contribution in [2.45, 2.75) is 68.9 Å². The van der Waals surface area contributed by atoms with Gasteiger partial charge in [0.15, 0.2) is 5.78 Å². The van der Waals surface area contributed by atoms with Crippen molar-refractivity contribution >= 4 is 23.3 Å². The summed E-state index contributed by atoms with van der Waals surface area (Å²) in [7, 11) is 0. The number of anilines is 1. The molecule has 36 heavy (non-hydrogen) atoms. The lowest BCUT2D eigenvalue weighted by Gasteiger charge is -2.36. The molecule has 3 aliphatic heterocycles. The molecule has 4 atom stereocenters. The third-order valence-electron chi connectivity index (χ3n) is 8.74. The first-order chi connectivity index (χ1) is 17.5. The zero-order chi connectivity index (χ0) is 24.8. The van der Waals surface area contributed by atoms with Crippen molar-refractivity contribution in [1.29, 1.82) is 0 Å². The zero-order valence-electron chi connectivity index (χ0n) is 20.7. The second kappa shape index (κ2) is 9.76. The Balaban J connectivity index is 1.13. The van der Waals surface area contributed by atoms with Crippen molar-refractivity contribution in [3.05, 3.63) is 29.8 Å². The third-order valence-corrected chi connectivity index (χ3v) is 8.74. The highest BCUT2D eigenvalue weighted by atomic mass is 16.5. The Kier molecular flexibility index (Phi) is 6.47. The van der Waals surface area contributed by atoms with Gasteiger partial charge in [0.2, 0.25) is 5.91 Å². The molecule has 1 aromatic rings. The van der Waals surface area contributed by atoms with Crippen LogP contribution in [-0.4, -0.2) is 102 Å². The molecule has 3 heterocycles. The number of benzene rings is 1. The first-order valence-electron chi connectivity index (χ1n) is 13.5. The van der Waals surface area contributed by atoms with Gasteiger partial charge in [-0.15, -0.1) is 0 Å². The molecule has 3 saturated heterocycles. The van der Waals surface area contributed by atoms with Gasteiger partial charge in [0.25, 0.3) is 5.91 Å². The normalized spacial score (nSPS) is 30.0. The van der Waals surface area contributed by atoms with E-state index < -0.39 is 24.3 Å². The van der Waals surface area contributed by atoms with E-state index in [0.717, 1.165) is 63.6 Å². The van der Waals surface area contributed by atoms with E-state index in [9.17, 15) is 19.5 Å². The van der Waals surface area contributed by atoms with E-state index in [1.54, 1.807) is 0 Å². The van der Waals surface area contributed by atoms with Gasteiger partial charge in [0, 0.05) is 43.5 Å². The van der Waals surface area contributed by atoms with Gasteiger partial charge in [0.05, 0.1) is 6.54 Å². The summed E-state index contributed by atoms with van der Waals surface area (Å²) in [6.07, 6.45) is 4.86. The number of ether oxygens (including phenoxy) is 1. The van der Waals surface area contributed by atoms with Gasteiger partial charge in [-0.1, -0.05) is 12.8 Å². The minimum Gasteiger partial charge on any atom is -0.388 e. The van der Waals surface area contributed by atoms with Crippen LogP contribution in [0, 0.1) is 5.92 Å². The van der Waals surface area contributed by atoms with Gasteiger partial charge in [-0.2, -0.15) is 0 Å². The number of amides is 2. The topological polar surface area (TPSA) is 102 Å². The molecule has 6 rings (SSSR count). The molecule has 0 unspecified atom stereocenters.